The third-order valence-electron chi connectivity index (χ3n) is 2.88. The normalized spacial score (nSPS) is 10.1. The molecule has 122 valence electrons. The predicted octanol–water partition coefficient (Wildman–Crippen LogP) is 2.27. The van der Waals surface area contributed by atoms with Crippen molar-refractivity contribution in [1.29, 1.82) is 0 Å². The van der Waals surface area contributed by atoms with Gasteiger partial charge in [-0.3, -0.25) is 10.1 Å². The highest BCUT2D eigenvalue weighted by molar-refractivity contribution is 7.14. The molecule has 7 heteroatoms. The standard InChI is InChI=1S/C15H22N2O4S/c1-4-7-11-10(5-2)8-12(22-11)14(19)21-9-13(18)17-15(20)16-6-3/h8H,4-7,9H2,1-3H3,(H2,16,17,18,20). The smallest absolute Gasteiger partial charge is 0.348 e. The topological polar surface area (TPSA) is 84.5 Å². The first-order chi connectivity index (χ1) is 10.5. The van der Waals surface area contributed by atoms with Crippen molar-refractivity contribution in [3.63, 3.8) is 0 Å². The van der Waals surface area contributed by atoms with Crippen molar-refractivity contribution >= 4 is 29.2 Å². The van der Waals surface area contributed by atoms with Crippen LogP contribution in [0.3, 0.4) is 0 Å². The highest BCUT2D eigenvalue weighted by Crippen LogP contribution is 2.25. The zero-order valence-electron chi connectivity index (χ0n) is 13.2. The van der Waals surface area contributed by atoms with Crippen LogP contribution in [-0.2, 0) is 22.4 Å². The number of hydrogen-bond donors (Lipinski definition) is 2. The van der Waals surface area contributed by atoms with Crippen LogP contribution in [0.25, 0.3) is 0 Å². The van der Waals surface area contributed by atoms with Gasteiger partial charge in [-0.1, -0.05) is 20.3 Å². The van der Waals surface area contributed by atoms with Gasteiger partial charge < -0.3 is 10.1 Å². The molecule has 0 radical (unpaired) electrons. The third kappa shape index (κ3) is 5.48. The van der Waals surface area contributed by atoms with Crippen LogP contribution in [0.5, 0.6) is 0 Å². The molecule has 6 nitrogen and oxygen atoms in total. The number of thiophene rings is 1. The molecule has 0 fully saturated rings. The van der Waals surface area contributed by atoms with E-state index in [1.54, 1.807) is 6.92 Å². The van der Waals surface area contributed by atoms with Crippen molar-refractivity contribution in [3.8, 4) is 0 Å². The number of aryl methyl sites for hydroxylation is 2. The molecule has 0 unspecified atom stereocenters. The molecule has 22 heavy (non-hydrogen) atoms. The number of rotatable bonds is 7. The molecule has 0 atom stereocenters. The Morgan fingerprint density at radius 3 is 2.55 bits per heavy atom. The van der Waals surface area contributed by atoms with Gasteiger partial charge in [0.15, 0.2) is 6.61 Å². The highest BCUT2D eigenvalue weighted by atomic mass is 32.1. The lowest BCUT2D eigenvalue weighted by Crippen LogP contribution is -2.41. The Bertz CT molecular complexity index is 540. The van der Waals surface area contributed by atoms with Gasteiger partial charge in [-0.05, 0) is 31.4 Å². The minimum absolute atomic E-state index is 0.411. The average molecular weight is 326 g/mol. The van der Waals surface area contributed by atoms with Crippen LogP contribution in [0.1, 0.15) is 47.3 Å². The molecule has 0 saturated carbocycles. The monoisotopic (exact) mass is 326 g/mol. The molecule has 3 amide bonds. The van der Waals surface area contributed by atoms with E-state index in [4.69, 9.17) is 4.74 Å². The molecule has 0 bridgehead atoms. The van der Waals surface area contributed by atoms with E-state index >= 15 is 0 Å². The van der Waals surface area contributed by atoms with Crippen molar-refractivity contribution in [2.24, 2.45) is 0 Å². The van der Waals surface area contributed by atoms with Crippen molar-refractivity contribution in [2.45, 2.75) is 40.0 Å². The Balaban J connectivity index is 2.55. The lowest BCUT2D eigenvalue weighted by molar-refractivity contribution is -0.123. The Labute approximate surface area is 134 Å². The van der Waals surface area contributed by atoms with Crippen molar-refractivity contribution in [3.05, 3.63) is 21.4 Å². The number of ether oxygens (including phenoxy) is 1. The van der Waals surface area contributed by atoms with Crippen LogP contribution >= 0.6 is 11.3 Å². The number of hydrogen-bond acceptors (Lipinski definition) is 5. The van der Waals surface area contributed by atoms with Crippen molar-refractivity contribution in [1.82, 2.24) is 10.6 Å². The molecule has 0 aliphatic rings. The van der Waals surface area contributed by atoms with E-state index in [1.807, 2.05) is 13.0 Å². The molecule has 0 spiro atoms. The van der Waals surface area contributed by atoms with Crippen molar-refractivity contribution < 1.29 is 19.1 Å². The van der Waals surface area contributed by atoms with E-state index in [1.165, 1.54) is 16.2 Å². The average Bonchev–Trinajstić information content (AvgIpc) is 2.88. The summed E-state index contributed by atoms with van der Waals surface area (Å²) in [5.74, 6) is -1.19. The molecule has 0 aliphatic heterocycles. The van der Waals surface area contributed by atoms with Gasteiger partial charge in [-0.25, -0.2) is 9.59 Å². The van der Waals surface area contributed by atoms with E-state index in [2.05, 4.69) is 17.6 Å². The molecule has 1 aromatic heterocycles. The number of urea groups is 1. The fourth-order valence-corrected chi connectivity index (χ4v) is 3.12. The van der Waals surface area contributed by atoms with Crippen LogP contribution in [0.4, 0.5) is 4.79 Å². The molecule has 1 aromatic rings. The number of nitrogens with one attached hydrogen (secondary N) is 2. The fraction of sp³-hybridized carbons (Fsp3) is 0.533. The van der Waals surface area contributed by atoms with Gasteiger partial charge >= 0.3 is 12.0 Å². The van der Waals surface area contributed by atoms with Crippen LogP contribution in [0.2, 0.25) is 0 Å². The number of carbonyl (C=O) groups excluding carboxylic acids is 3. The molecular weight excluding hydrogens is 304 g/mol. The summed E-state index contributed by atoms with van der Waals surface area (Å²) in [7, 11) is 0. The molecule has 0 saturated heterocycles. The summed E-state index contributed by atoms with van der Waals surface area (Å²) < 4.78 is 4.94. The highest BCUT2D eigenvalue weighted by Gasteiger charge is 2.16. The molecular formula is C15H22N2O4S. The van der Waals surface area contributed by atoms with Gasteiger partial charge in [-0.15, -0.1) is 11.3 Å². The molecule has 0 aromatic carbocycles. The second-order valence-corrected chi connectivity index (χ2v) is 5.78. The first-order valence-corrected chi connectivity index (χ1v) is 8.19. The molecule has 2 N–H and O–H groups in total. The summed E-state index contributed by atoms with van der Waals surface area (Å²) >= 11 is 1.40. The quantitative estimate of drug-likeness (QED) is 0.753. The summed E-state index contributed by atoms with van der Waals surface area (Å²) in [6.45, 7) is 5.80. The van der Waals surface area contributed by atoms with Gasteiger partial charge in [0, 0.05) is 11.4 Å². The maximum atomic E-state index is 12.0. The first kappa shape index (κ1) is 18.2. The number of amides is 3. The molecule has 1 rings (SSSR count). The van der Waals surface area contributed by atoms with Gasteiger partial charge in [0.2, 0.25) is 0 Å². The Morgan fingerprint density at radius 2 is 1.95 bits per heavy atom. The Morgan fingerprint density at radius 1 is 1.23 bits per heavy atom. The summed E-state index contributed by atoms with van der Waals surface area (Å²) in [6.07, 6.45) is 2.80. The zero-order chi connectivity index (χ0) is 16.5. The van der Waals surface area contributed by atoms with Gasteiger partial charge in [0.05, 0.1) is 0 Å². The second-order valence-electron chi connectivity index (χ2n) is 4.65. The predicted molar refractivity (Wildman–Crippen MR) is 85.2 cm³/mol. The van der Waals surface area contributed by atoms with E-state index in [9.17, 15) is 14.4 Å². The summed E-state index contributed by atoms with van der Waals surface area (Å²) in [5.41, 5.74) is 1.14. The van der Waals surface area contributed by atoms with E-state index in [0.717, 1.165) is 24.8 Å². The van der Waals surface area contributed by atoms with Gasteiger partial charge in [0.1, 0.15) is 4.88 Å². The Kier molecular flexibility index (Phi) is 7.59. The number of esters is 1. The first-order valence-electron chi connectivity index (χ1n) is 7.38. The SMILES string of the molecule is CCCc1sc(C(=O)OCC(=O)NC(=O)NCC)cc1CC. The molecule has 1 heterocycles. The number of imide groups is 1. The number of carbonyl (C=O) groups is 3. The van der Waals surface area contributed by atoms with Gasteiger partial charge in [0.25, 0.3) is 5.91 Å². The summed E-state index contributed by atoms with van der Waals surface area (Å²) in [4.78, 5) is 36.2. The van der Waals surface area contributed by atoms with Crippen molar-refractivity contribution in [2.75, 3.05) is 13.2 Å². The van der Waals surface area contributed by atoms with Crippen LogP contribution in [0.15, 0.2) is 6.07 Å². The Hall–Kier alpha value is -1.89. The minimum atomic E-state index is -0.652. The summed E-state index contributed by atoms with van der Waals surface area (Å²) in [6, 6.07) is 1.22. The van der Waals surface area contributed by atoms with Crippen LogP contribution in [0, 0.1) is 0 Å². The van der Waals surface area contributed by atoms with Crippen LogP contribution in [-0.4, -0.2) is 31.1 Å². The van der Waals surface area contributed by atoms with Gasteiger partial charge in [-0.2, -0.15) is 0 Å². The summed E-state index contributed by atoms with van der Waals surface area (Å²) in [5, 5.41) is 4.49. The molecule has 0 aliphatic carbocycles. The third-order valence-corrected chi connectivity index (χ3v) is 4.10. The second kappa shape index (κ2) is 9.19. The fourth-order valence-electron chi connectivity index (χ4n) is 1.87. The zero-order valence-corrected chi connectivity index (χ0v) is 14.0. The van der Waals surface area contributed by atoms with E-state index in [0.29, 0.717) is 11.4 Å². The van der Waals surface area contributed by atoms with E-state index < -0.39 is 24.5 Å². The van der Waals surface area contributed by atoms with Crippen LogP contribution < -0.4 is 10.6 Å². The lowest BCUT2D eigenvalue weighted by Gasteiger charge is -2.05. The van der Waals surface area contributed by atoms with E-state index in [-0.39, 0.29) is 0 Å². The maximum Gasteiger partial charge on any atom is 0.348 e. The minimum Gasteiger partial charge on any atom is -0.451 e. The lowest BCUT2D eigenvalue weighted by atomic mass is 10.1. The maximum absolute atomic E-state index is 12.0. The largest absolute Gasteiger partial charge is 0.451 e.